The quantitative estimate of drug-likeness (QED) is 0.329. The molecule has 7 nitrogen and oxygen atoms in total. The smallest absolute Gasteiger partial charge is 0.873 e. The third kappa shape index (κ3) is 21.7. The summed E-state index contributed by atoms with van der Waals surface area (Å²) in [4.78, 5) is 10.0. The Balaban J connectivity index is -0.000000102. The van der Waals surface area contributed by atoms with Crippen LogP contribution in [0.25, 0.3) is 0 Å². The van der Waals surface area contributed by atoms with Crippen molar-refractivity contribution in [2.75, 3.05) is 0 Å². The molecule has 0 fully saturated rings. The van der Waals surface area contributed by atoms with E-state index >= 15 is 0 Å². The fourth-order valence-corrected chi connectivity index (χ4v) is 1.81. The van der Waals surface area contributed by atoms with E-state index in [1.54, 1.807) is 54.6 Å². The summed E-state index contributed by atoms with van der Waals surface area (Å²) in [5.74, 6) is -1.39. The summed E-state index contributed by atoms with van der Waals surface area (Å²) in [6.45, 7) is 0. The zero-order valence-electron chi connectivity index (χ0n) is 18.4. The molecule has 0 saturated heterocycles. The van der Waals surface area contributed by atoms with Crippen LogP contribution in [0.1, 0.15) is 0 Å². The van der Waals surface area contributed by atoms with E-state index in [1.807, 2.05) is 0 Å². The summed E-state index contributed by atoms with van der Waals surface area (Å²) < 4.78 is 14.4. The summed E-state index contributed by atoms with van der Waals surface area (Å²) in [5, 5.41) is 41.2. The van der Waals surface area contributed by atoms with Crippen LogP contribution in [0.4, 0.5) is 0 Å². The normalized spacial score (nSPS) is 7.48. The second-order valence-corrected chi connectivity index (χ2v) is 5.26. The topological polar surface area (TPSA) is 142 Å². The molecule has 0 bridgehead atoms. The number of para-hydroxylation sites is 5. The van der Waals surface area contributed by atoms with Crippen molar-refractivity contribution in [2.45, 2.75) is 0 Å². The van der Waals surface area contributed by atoms with Crippen molar-refractivity contribution in [3.05, 3.63) is 78.9 Å². The van der Waals surface area contributed by atoms with Crippen LogP contribution in [0.2, 0.25) is 0 Å². The summed E-state index contributed by atoms with van der Waals surface area (Å²) >= 11 is 0. The molecule has 3 rings (SSSR count). The van der Waals surface area contributed by atoms with E-state index in [9.17, 15) is 29.7 Å². The van der Waals surface area contributed by atoms with Gasteiger partial charge in [-0.1, -0.05) is 66.7 Å². The minimum Gasteiger partial charge on any atom is -0.873 e. The Labute approximate surface area is 293 Å². The van der Waals surface area contributed by atoms with E-state index in [1.165, 1.54) is 24.3 Å². The SMILES string of the molecule is O=[Si]([O-])Oc1ccccc1.[Na+].[Na+].[Na+].[Na+].[Na+].[O-]c1ccccc1[O-].[O-]c1ccccc1[O-]. The Morgan fingerprint density at radius 2 is 0.774 bits per heavy atom. The molecule has 0 radical (unpaired) electrons. The minimum absolute atomic E-state index is 0. The predicted octanol–water partition coefficient (Wildman–Crippen LogP) is -15.5. The Morgan fingerprint density at radius 3 is 1.00 bits per heavy atom. The molecule has 31 heavy (non-hydrogen) atoms. The van der Waals surface area contributed by atoms with E-state index in [-0.39, 0.29) is 148 Å². The molecule has 0 aliphatic rings. The largest absolute Gasteiger partial charge is 1.00 e. The van der Waals surface area contributed by atoms with Crippen LogP contribution in [-0.4, -0.2) is 9.17 Å². The molecule has 136 valence electrons. The average Bonchev–Trinajstić information content (AvgIpc) is 2.62. The van der Waals surface area contributed by atoms with Crippen LogP contribution < -0.4 is 177 Å². The van der Waals surface area contributed by atoms with E-state index in [0.717, 1.165) is 0 Å². The van der Waals surface area contributed by atoms with Crippen LogP contribution in [0.15, 0.2) is 78.9 Å². The van der Waals surface area contributed by atoms with Gasteiger partial charge in [0.25, 0.3) is 0 Å². The standard InChI is InChI=1S/C6H5O3Si.2C6H6O2.5Na/c7-10(8)9-6-4-2-1-3-5-6;2*7-5-3-1-2-4-6(5)8;;;;;/h1-5H;2*1-4,7-8H;;;;;/q-1;;;5*+1/p-4. The van der Waals surface area contributed by atoms with Gasteiger partial charge in [-0.25, -0.2) is 0 Å². The Morgan fingerprint density at radius 1 is 0.516 bits per heavy atom. The average molecular weight is 484 g/mol. The molecule has 0 aromatic heterocycles. The maximum atomic E-state index is 10.3. The zero-order valence-corrected chi connectivity index (χ0v) is 29.4. The summed E-state index contributed by atoms with van der Waals surface area (Å²) in [5.41, 5.74) is 0. The van der Waals surface area contributed by atoms with Gasteiger partial charge < -0.3 is 34.1 Å². The first-order valence-corrected chi connectivity index (χ1v) is 8.42. The molecule has 0 N–H and O–H groups in total. The molecule has 0 aliphatic heterocycles. The van der Waals surface area contributed by atoms with E-state index in [4.69, 9.17) is 0 Å². The maximum Gasteiger partial charge on any atom is 1.00 e. The summed E-state index contributed by atoms with van der Waals surface area (Å²) in [6.07, 6.45) is 0. The first-order chi connectivity index (χ1) is 12.4. The minimum atomic E-state index is -3.09. The first kappa shape index (κ1) is 42.6. The summed E-state index contributed by atoms with van der Waals surface area (Å²) in [6, 6.07) is 19.6. The molecule has 0 amide bonds. The Kier molecular flexibility index (Phi) is 35.9. The Hall–Kier alpha value is 1.48. The molecule has 0 saturated carbocycles. The van der Waals surface area contributed by atoms with Crippen molar-refractivity contribution in [1.82, 2.24) is 0 Å². The van der Waals surface area contributed by atoms with Gasteiger partial charge >= 0.3 is 157 Å². The van der Waals surface area contributed by atoms with Crippen LogP contribution in [0, 0.1) is 0 Å². The van der Waals surface area contributed by atoms with Crippen LogP contribution >= 0.6 is 0 Å². The predicted molar refractivity (Wildman–Crippen MR) is 84.2 cm³/mol. The number of benzene rings is 3. The van der Waals surface area contributed by atoms with Crippen molar-refractivity contribution >= 4 is 9.17 Å². The van der Waals surface area contributed by atoms with Crippen LogP contribution in [-0.2, 0) is 4.46 Å². The van der Waals surface area contributed by atoms with Gasteiger partial charge in [0, 0.05) is 5.75 Å². The van der Waals surface area contributed by atoms with Crippen molar-refractivity contribution in [1.29, 1.82) is 0 Å². The van der Waals surface area contributed by atoms with Gasteiger partial charge in [-0.05, 0) is 12.1 Å². The van der Waals surface area contributed by atoms with Gasteiger partial charge in [0.05, 0.1) is 0 Å². The molecule has 0 unspecified atom stereocenters. The van der Waals surface area contributed by atoms with Gasteiger partial charge in [-0.2, -0.15) is 0 Å². The molecule has 0 spiro atoms. The molecule has 0 atom stereocenters. The maximum absolute atomic E-state index is 10.3. The fourth-order valence-electron chi connectivity index (χ4n) is 1.49. The number of hydrogen-bond donors (Lipinski definition) is 0. The molecule has 3 aromatic rings. The molecular weight excluding hydrogens is 471 g/mol. The molecular formula is C18H13Na5O7Si. The fraction of sp³-hybridized carbons (Fsp3) is 0. The number of rotatable bonds is 2. The molecule has 0 heterocycles. The van der Waals surface area contributed by atoms with Gasteiger partial charge in [-0.3, -0.25) is 0 Å². The van der Waals surface area contributed by atoms with Crippen LogP contribution in [0.5, 0.6) is 28.7 Å². The van der Waals surface area contributed by atoms with E-state index in [0.29, 0.717) is 5.75 Å². The number of hydrogen-bond acceptors (Lipinski definition) is 7. The third-order valence-electron chi connectivity index (χ3n) is 2.64. The second-order valence-electron chi connectivity index (χ2n) is 4.56. The first-order valence-electron chi connectivity index (χ1n) is 7.20. The van der Waals surface area contributed by atoms with Crippen molar-refractivity contribution < 1.29 is 182 Å². The third-order valence-corrected chi connectivity index (χ3v) is 3.05. The van der Waals surface area contributed by atoms with Gasteiger partial charge in [0.15, 0.2) is 0 Å². The molecule has 13 heteroatoms. The monoisotopic (exact) mass is 484 g/mol. The second kappa shape index (κ2) is 26.1. The Bertz CT molecular complexity index is 744. The molecule has 3 aromatic carbocycles. The van der Waals surface area contributed by atoms with Crippen molar-refractivity contribution in [3.8, 4) is 28.7 Å². The van der Waals surface area contributed by atoms with Crippen molar-refractivity contribution in [2.24, 2.45) is 0 Å². The zero-order chi connectivity index (χ0) is 19.4. The molecule has 0 aliphatic carbocycles. The van der Waals surface area contributed by atoms with Gasteiger partial charge in [-0.15, -0.1) is 23.0 Å². The van der Waals surface area contributed by atoms with Gasteiger partial charge in [0.2, 0.25) is 0 Å². The van der Waals surface area contributed by atoms with E-state index in [2.05, 4.69) is 4.43 Å². The van der Waals surface area contributed by atoms with Crippen molar-refractivity contribution in [3.63, 3.8) is 0 Å². The summed E-state index contributed by atoms with van der Waals surface area (Å²) in [7, 11) is -3.09. The van der Waals surface area contributed by atoms with Crippen LogP contribution in [0.3, 0.4) is 0 Å². The van der Waals surface area contributed by atoms with E-state index < -0.39 is 32.2 Å². The van der Waals surface area contributed by atoms with Gasteiger partial charge in [0.1, 0.15) is 0 Å².